The van der Waals surface area contributed by atoms with Crippen LogP contribution in [0.4, 0.5) is 0 Å². The van der Waals surface area contributed by atoms with Gasteiger partial charge in [0.25, 0.3) is 5.56 Å². The molecule has 4 rings (SSSR count). The summed E-state index contributed by atoms with van der Waals surface area (Å²) in [5.74, 6) is 0.559. The van der Waals surface area contributed by atoms with Gasteiger partial charge < -0.3 is 4.98 Å². The molecule has 24 heavy (non-hydrogen) atoms. The second-order valence-electron chi connectivity index (χ2n) is 5.48. The number of aromatic nitrogens is 4. The molecule has 0 spiro atoms. The molecule has 0 saturated carbocycles. The average Bonchev–Trinajstić information content (AvgIpc) is 3.06. The molecule has 2 N–H and O–H groups in total. The molecule has 0 atom stereocenters. The van der Waals surface area contributed by atoms with Gasteiger partial charge in [-0.25, -0.2) is 9.78 Å². The van der Waals surface area contributed by atoms with Crippen LogP contribution >= 0.6 is 0 Å². The van der Waals surface area contributed by atoms with E-state index in [2.05, 4.69) is 15.0 Å². The molecule has 2 heterocycles. The van der Waals surface area contributed by atoms with Crippen molar-refractivity contribution in [3.8, 4) is 11.4 Å². The Morgan fingerprint density at radius 1 is 0.875 bits per heavy atom. The van der Waals surface area contributed by atoms with Crippen molar-refractivity contribution in [2.75, 3.05) is 0 Å². The molecule has 2 aromatic carbocycles. The highest BCUT2D eigenvalue weighted by Gasteiger charge is 2.14. The van der Waals surface area contributed by atoms with Gasteiger partial charge in [0.1, 0.15) is 11.3 Å². The first-order valence-electron chi connectivity index (χ1n) is 7.54. The highest BCUT2D eigenvalue weighted by atomic mass is 16.2. The topological polar surface area (TPSA) is 83.5 Å². The van der Waals surface area contributed by atoms with Crippen LogP contribution in [0.15, 0.2) is 70.3 Å². The largest absolute Gasteiger partial charge is 0.332 e. The summed E-state index contributed by atoms with van der Waals surface area (Å²) in [4.78, 5) is 34.2. The number of fused-ring (bicyclic) bond motifs is 1. The van der Waals surface area contributed by atoms with Crippen molar-refractivity contribution in [2.45, 2.75) is 6.54 Å². The van der Waals surface area contributed by atoms with Crippen LogP contribution in [0.5, 0.6) is 0 Å². The molecule has 0 radical (unpaired) electrons. The first-order chi connectivity index (χ1) is 11.7. The Morgan fingerprint density at radius 3 is 2.25 bits per heavy atom. The van der Waals surface area contributed by atoms with E-state index in [1.165, 1.54) is 4.57 Å². The molecule has 0 aliphatic rings. The molecule has 0 aliphatic heterocycles. The summed E-state index contributed by atoms with van der Waals surface area (Å²) in [5.41, 5.74) is 1.52. The van der Waals surface area contributed by atoms with Crippen LogP contribution in [-0.4, -0.2) is 19.5 Å². The third-order valence-electron chi connectivity index (χ3n) is 3.86. The summed E-state index contributed by atoms with van der Waals surface area (Å²) >= 11 is 0. The third-order valence-corrected chi connectivity index (χ3v) is 3.86. The molecular weight excluding hydrogens is 304 g/mol. The Labute approximate surface area is 136 Å². The number of hydrogen-bond donors (Lipinski definition) is 2. The molecule has 6 heteroatoms. The number of hydrogen-bond acceptors (Lipinski definition) is 3. The Balaban J connectivity index is 1.92. The minimum absolute atomic E-state index is 0.296. The van der Waals surface area contributed by atoms with Crippen LogP contribution < -0.4 is 11.2 Å². The Hall–Kier alpha value is -3.41. The zero-order chi connectivity index (χ0) is 16.5. The fourth-order valence-electron chi connectivity index (χ4n) is 2.69. The molecule has 0 bridgehead atoms. The van der Waals surface area contributed by atoms with E-state index in [0.29, 0.717) is 23.5 Å². The van der Waals surface area contributed by atoms with Crippen molar-refractivity contribution < 1.29 is 0 Å². The van der Waals surface area contributed by atoms with E-state index in [9.17, 15) is 9.59 Å². The molecule has 4 aromatic rings. The van der Waals surface area contributed by atoms with Crippen molar-refractivity contribution in [2.24, 2.45) is 0 Å². The minimum Gasteiger partial charge on any atom is -0.332 e. The summed E-state index contributed by atoms with van der Waals surface area (Å²) in [6.07, 6.45) is 0. The minimum atomic E-state index is -0.470. The van der Waals surface area contributed by atoms with Crippen LogP contribution in [0, 0.1) is 0 Å². The zero-order valence-corrected chi connectivity index (χ0v) is 12.7. The number of H-pyrrole nitrogens is 2. The first kappa shape index (κ1) is 14.2. The van der Waals surface area contributed by atoms with E-state index < -0.39 is 11.2 Å². The highest BCUT2D eigenvalue weighted by molar-refractivity contribution is 5.75. The van der Waals surface area contributed by atoms with Gasteiger partial charge in [-0.1, -0.05) is 60.7 Å². The number of nitrogens with zero attached hydrogens (tertiary/aromatic N) is 2. The summed E-state index contributed by atoms with van der Waals surface area (Å²) < 4.78 is 1.47. The lowest BCUT2D eigenvalue weighted by Crippen LogP contribution is -2.30. The van der Waals surface area contributed by atoms with Gasteiger partial charge in [-0.3, -0.25) is 14.3 Å². The highest BCUT2D eigenvalue weighted by Crippen LogP contribution is 2.17. The predicted octanol–water partition coefficient (Wildman–Crippen LogP) is 2.13. The van der Waals surface area contributed by atoms with Crippen LogP contribution in [0.2, 0.25) is 0 Å². The molecule has 0 fully saturated rings. The fraction of sp³-hybridized carbons (Fsp3) is 0.0556. The van der Waals surface area contributed by atoms with E-state index in [1.807, 2.05) is 60.7 Å². The SMILES string of the molecule is O=c1[nH]c(=O)n(Cc2ccccc2)c2nc(-c3ccccc3)[nH]c12. The summed E-state index contributed by atoms with van der Waals surface area (Å²) in [6, 6.07) is 19.1. The Kier molecular flexibility index (Phi) is 3.35. The zero-order valence-electron chi connectivity index (χ0n) is 12.7. The van der Waals surface area contributed by atoms with Crippen molar-refractivity contribution in [3.05, 3.63) is 87.1 Å². The molecule has 6 nitrogen and oxygen atoms in total. The van der Waals surface area contributed by atoms with Crippen molar-refractivity contribution in [1.29, 1.82) is 0 Å². The monoisotopic (exact) mass is 318 g/mol. The second-order valence-corrected chi connectivity index (χ2v) is 5.48. The van der Waals surface area contributed by atoms with E-state index >= 15 is 0 Å². The number of nitrogens with one attached hydrogen (secondary N) is 2. The van der Waals surface area contributed by atoms with Gasteiger partial charge in [0.2, 0.25) is 0 Å². The maximum absolute atomic E-state index is 12.3. The molecule has 118 valence electrons. The molecular formula is C18H14N4O2. The quantitative estimate of drug-likeness (QED) is 0.607. The average molecular weight is 318 g/mol. The number of imidazole rings is 1. The van der Waals surface area contributed by atoms with Crippen molar-refractivity contribution in [3.63, 3.8) is 0 Å². The predicted molar refractivity (Wildman–Crippen MR) is 92.0 cm³/mol. The summed E-state index contributed by atoms with van der Waals surface area (Å²) in [6.45, 7) is 0.339. The Morgan fingerprint density at radius 2 is 1.54 bits per heavy atom. The summed E-state index contributed by atoms with van der Waals surface area (Å²) in [5, 5.41) is 0. The molecule has 0 aliphatic carbocycles. The van der Waals surface area contributed by atoms with E-state index in [0.717, 1.165) is 11.1 Å². The molecule has 0 amide bonds. The van der Waals surface area contributed by atoms with E-state index in [1.54, 1.807) is 0 Å². The van der Waals surface area contributed by atoms with Crippen LogP contribution in [0.1, 0.15) is 5.56 Å². The Bertz CT molecular complexity index is 1110. The van der Waals surface area contributed by atoms with Crippen LogP contribution in [0.3, 0.4) is 0 Å². The fourth-order valence-corrected chi connectivity index (χ4v) is 2.69. The van der Waals surface area contributed by atoms with Gasteiger partial charge in [-0.15, -0.1) is 0 Å². The maximum Gasteiger partial charge on any atom is 0.330 e. The number of aromatic amines is 2. The molecule has 0 saturated heterocycles. The number of benzene rings is 2. The second kappa shape index (κ2) is 5.66. The number of rotatable bonds is 3. The van der Waals surface area contributed by atoms with Gasteiger partial charge in [0.05, 0.1) is 6.54 Å². The van der Waals surface area contributed by atoms with Crippen molar-refractivity contribution >= 4 is 11.2 Å². The smallest absolute Gasteiger partial charge is 0.330 e. The van der Waals surface area contributed by atoms with Gasteiger partial charge in [0, 0.05) is 5.56 Å². The van der Waals surface area contributed by atoms with E-state index in [-0.39, 0.29) is 0 Å². The maximum atomic E-state index is 12.3. The van der Waals surface area contributed by atoms with E-state index in [4.69, 9.17) is 0 Å². The van der Waals surface area contributed by atoms with Crippen molar-refractivity contribution in [1.82, 2.24) is 19.5 Å². The van der Waals surface area contributed by atoms with Crippen LogP contribution in [-0.2, 0) is 6.54 Å². The summed E-state index contributed by atoms with van der Waals surface area (Å²) in [7, 11) is 0. The lowest BCUT2D eigenvalue weighted by molar-refractivity contribution is 0.748. The lowest BCUT2D eigenvalue weighted by atomic mass is 10.2. The van der Waals surface area contributed by atoms with Gasteiger partial charge in [-0.05, 0) is 5.56 Å². The normalized spacial score (nSPS) is 11.0. The van der Waals surface area contributed by atoms with Gasteiger partial charge in [0.15, 0.2) is 5.65 Å². The van der Waals surface area contributed by atoms with Gasteiger partial charge in [-0.2, -0.15) is 0 Å². The molecule has 2 aromatic heterocycles. The molecule has 0 unspecified atom stereocenters. The standard InChI is InChI=1S/C18H14N4O2/c23-17-14-16(20-15(19-14)13-9-5-2-6-10-13)22(18(24)21-17)11-12-7-3-1-4-8-12/h1-10H,11H2,(H,19,20)(H,21,23,24). The van der Waals surface area contributed by atoms with Crippen LogP contribution in [0.25, 0.3) is 22.6 Å². The lowest BCUT2D eigenvalue weighted by Gasteiger charge is -2.05. The first-order valence-corrected chi connectivity index (χ1v) is 7.54. The third kappa shape index (κ3) is 2.44. The van der Waals surface area contributed by atoms with Gasteiger partial charge >= 0.3 is 5.69 Å².